The SMILES string of the molecule is CCCSc1nc(NC(C)C)c2cnn(CCNC(=O)c3ccc(F)cc3)c2n1. The van der Waals surface area contributed by atoms with E-state index in [1.165, 1.54) is 24.3 Å². The van der Waals surface area contributed by atoms with Gasteiger partial charge in [0.05, 0.1) is 18.1 Å². The van der Waals surface area contributed by atoms with Crippen molar-refractivity contribution in [3.05, 3.63) is 41.8 Å². The Balaban J connectivity index is 1.74. The first kappa shape index (κ1) is 21.0. The average Bonchev–Trinajstić information content (AvgIpc) is 3.09. The lowest BCUT2D eigenvalue weighted by Gasteiger charge is -2.12. The third-order valence-electron chi connectivity index (χ3n) is 4.05. The standard InChI is InChI=1S/C20H25FN6OS/c1-4-11-29-20-25-17(24-13(2)3)16-12-23-27(18(16)26-20)10-9-22-19(28)14-5-7-15(21)8-6-14/h5-8,12-13H,4,9-11H2,1-3H3,(H,22,28)(H,24,25,26). The average molecular weight is 417 g/mol. The molecular formula is C20H25FN6OS. The summed E-state index contributed by atoms with van der Waals surface area (Å²) in [5, 5.41) is 12.2. The summed E-state index contributed by atoms with van der Waals surface area (Å²) in [7, 11) is 0. The van der Waals surface area contributed by atoms with Crippen LogP contribution in [0.5, 0.6) is 0 Å². The van der Waals surface area contributed by atoms with Gasteiger partial charge in [0.1, 0.15) is 11.6 Å². The van der Waals surface area contributed by atoms with Crippen molar-refractivity contribution in [1.82, 2.24) is 25.1 Å². The number of benzene rings is 1. The van der Waals surface area contributed by atoms with Crippen molar-refractivity contribution in [1.29, 1.82) is 0 Å². The normalized spacial score (nSPS) is 11.2. The summed E-state index contributed by atoms with van der Waals surface area (Å²) < 4.78 is 14.8. The van der Waals surface area contributed by atoms with Crippen LogP contribution in [-0.2, 0) is 6.54 Å². The zero-order valence-corrected chi connectivity index (χ0v) is 17.6. The Morgan fingerprint density at radius 1 is 1.24 bits per heavy atom. The van der Waals surface area contributed by atoms with Gasteiger partial charge in [-0.2, -0.15) is 5.10 Å². The highest BCUT2D eigenvalue weighted by Gasteiger charge is 2.14. The Morgan fingerprint density at radius 3 is 2.69 bits per heavy atom. The molecule has 0 unspecified atom stereocenters. The van der Waals surface area contributed by atoms with E-state index < -0.39 is 0 Å². The number of nitrogens with zero attached hydrogens (tertiary/aromatic N) is 4. The fraction of sp³-hybridized carbons (Fsp3) is 0.400. The number of fused-ring (bicyclic) bond motifs is 1. The van der Waals surface area contributed by atoms with Crippen LogP contribution in [0.2, 0.25) is 0 Å². The molecule has 3 aromatic rings. The summed E-state index contributed by atoms with van der Waals surface area (Å²) >= 11 is 1.61. The maximum absolute atomic E-state index is 13.0. The van der Waals surface area contributed by atoms with Crippen molar-refractivity contribution < 1.29 is 9.18 Å². The predicted molar refractivity (Wildman–Crippen MR) is 114 cm³/mol. The van der Waals surface area contributed by atoms with Gasteiger partial charge in [0.15, 0.2) is 10.8 Å². The molecule has 0 fully saturated rings. The zero-order chi connectivity index (χ0) is 20.8. The number of rotatable bonds is 9. The molecule has 0 aliphatic rings. The van der Waals surface area contributed by atoms with Crippen molar-refractivity contribution in [3.63, 3.8) is 0 Å². The number of hydrogen-bond acceptors (Lipinski definition) is 6. The number of carbonyl (C=O) groups is 1. The van der Waals surface area contributed by atoms with Gasteiger partial charge in [-0.3, -0.25) is 4.79 Å². The Kier molecular flexibility index (Phi) is 7.03. The van der Waals surface area contributed by atoms with Crippen LogP contribution in [0.1, 0.15) is 37.6 Å². The predicted octanol–water partition coefficient (Wildman–Crippen LogP) is 3.72. The first-order chi connectivity index (χ1) is 14.0. The smallest absolute Gasteiger partial charge is 0.251 e. The topological polar surface area (TPSA) is 84.7 Å². The number of amides is 1. The first-order valence-corrected chi connectivity index (χ1v) is 10.6. The number of hydrogen-bond donors (Lipinski definition) is 2. The molecule has 0 radical (unpaired) electrons. The number of anilines is 1. The van der Waals surface area contributed by atoms with E-state index in [0.717, 1.165) is 29.0 Å². The van der Waals surface area contributed by atoms with E-state index in [1.807, 2.05) is 0 Å². The monoisotopic (exact) mass is 416 g/mol. The number of halogens is 1. The van der Waals surface area contributed by atoms with Gasteiger partial charge in [0.2, 0.25) is 0 Å². The second-order valence-corrected chi connectivity index (χ2v) is 7.93. The van der Waals surface area contributed by atoms with E-state index in [2.05, 4.69) is 46.5 Å². The molecule has 1 aromatic carbocycles. The van der Waals surface area contributed by atoms with E-state index >= 15 is 0 Å². The third kappa shape index (κ3) is 5.44. The van der Waals surface area contributed by atoms with E-state index in [4.69, 9.17) is 0 Å². The lowest BCUT2D eigenvalue weighted by Crippen LogP contribution is -2.27. The minimum absolute atomic E-state index is 0.232. The van der Waals surface area contributed by atoms with Gasteiger partial charge >= 0.3 is 0 Å². The zero-order valence-electron chi connectivity index (χ0n) is 16.8. The molecule has 7 nitrogen and oxygen atoms in total. The largest absolute Gasteiger partial charge is 0.367 e. The molecule has 2 aromatic heterocycles. The highest BCUT2D eigenvalue weighted by molar-refractivity contribution is 7.99. The van der Waals surface area contributed by atoms with Gasteiger partial charge in [-0.05, 0) is 44.5 Å². The van der Waals surface area contributed by atoms with Crippen LogP contribution in [0.15, 0.2) is 35.6 Å². The fourth-order valence-corrected chi connectivity index (χ4v) is 3.41. The molecule has 0 spiro atoms. The van der Waals surface area contributed by atoms with Gasteiger partial charge < -0.3 is 10.6 Å². The second kappa shape index (κ2) is 9.69. The van der Waals surface area contributed by atoms with Crippen LogP contribution >= 0.6 is 11.8 Å². The van der Waals surface area contributed by atoms with E-state index in [1.54, 1.807) is 22.6 Å². The highest BCUT2D eigenvalue weighted by Crippen LogP contribution is 2.25. The molecule has 2 heterocycles. The molecule has 2 N–H and O–H groups in total. The Labute approximate surface area is 173 Å². The molecule has 0 bridgehead atoms. The number of nitrogens with one attached hydrogen (secondary N) is 2. The number of carbonyl (C=O) groups excluding carboxylic acids is 1. The molecule has 0 aliphatic heterocycles. The van der Waals surface area contributed by atoms with Crippen molar-refractivity contribution in [2.45, 2.75) is 44.9 Å². The third-order valence-corrected chi connectivity index (χ3v) is 5.11. The molecule has 0 atom stereocenters. The number of thioether (sulfide) groups is 1. The van der Waals surface area contributed by atoms with E-state index in [0.29, 0.717) is 23.8 Å². The Hall–Kier alpha value is -2.68. The maximum Gasteiger partial charge on any atom is 0.251 e. The van der Waals surface area contributed by atoms with Crippen molar-refractivity contribution in [3.8, 4) is 0 Å². The lowest BCUT2D eigenvalue weighted by atomic mass is 10.2. The summed E-state index contributed by atoms with van der Waals surface area (Å²) in [4.78, 5) is 21.5. The molecular weight excluding hydrogens is 391 g/mol. The Bertz CT molecular complexity index is 973. The molecule has 29 heavy (non-hydrogen) atoms. The van der Waals surface area contributed by atoms with Gasteiger partial charge in [-0.25, -0.2) is 19.0 Å². The molecule has 1 amide bonds. The number of aromatic nitrogens is 4. The van der Waals surface area contributed by atoms with Crippen LogP contribution < -0.4 is 10.6 Å². The lowest BCUT2D eigenvalue weighted by molar-refractivity contribution is 0.0952. The van der Waals surface area contributed by atoms with Gasteiger partial charge in [0, 0.05) is 23.9 Å². The molecule has 0 aliphatic carbocycles. The summed E-state index contributed by atoms with van der Waals surface area (Å²) in [6, 6.07) is 5.69. The quantitative estimate of drug-likeness (QED) is 0.409. The van der Waals surface area contributed by atoms with Crippen LogP contribution in [0.3, 0.4) is 0 Å². The summed E-state index contributed by atoms with van der Waals surface area (Å²) in [5.41, 5.74) is 1.15. The minimum Gasteiger partial charge on any atom is -0.367 e. The summed E-state index contributed by atoms with van der Waals surface area (Å²) in [6.45, 7) is 7.07. The van der Waals surface area contributed by atoms with Crippen LogP contribution in [0, 0.1) is 5.82 Å². The van der Waals surface area contributed by atoms with E-state index in [9.17, 15) is 9.18 Å². The van der Waals surface area contributed by atoms with Crippen LogP contribution in [-0.4, -0.2) is 44.0 Å². The molecule has 154 valence electrons. The fourth-order valence-electron chi connectivity index (χ4n) is 2.72. The minimum atomic E-state index is -0.369. The highest BCUT2D eigenvalue weighted by atomic mass is 32.2. The maximum atomic E-state index is 13.0. The first-order valence-electron chi connectivity index (χ1n) is 9.64. The summed E-state index contributed by atoms with van der Waals surface area (Å²) in [5.74, 6) is 1.09. The van der Waals surface area contributed by atoms with Gasteiger partial charge in [-0.1, -0.05) is 18.7 Å². The van der Waals surface area contributed by atoms with Crippen LogP contribution in [0.4, 0.5) is 10.2 Å². The molecule has 9 heteroatoms. The van der Waals surface area contributed by atoms with Crippen molar-refractivity contribution in [2.75, 3.05) is 17.6 Å². The Morgan fingerprint density at radius 2 is 2.00 bits per heavy atom. The van der Waals surface area contributed by atoms with Crippen molar-refractivity contribution >= 4 is 34.5 Å². The second-order valence-electron chi connectivity index (χ2n) is 6.87. The van der Waals surface area contributed by atoms with Gasteiger partial charge in [0.25, 0.3) is 5.91 Å². The van der Waals surface area contributed by atoms with Crippen molar-refractivity contribution in [2.24, 2.45) is 0 Å². The summed E-state index contributed by atoms with van der Waals surface area (Å²) in [6.07, 6.45) is 2.78. The van der Waals surface area contributed by atoms with Gasteiger partial charge in [-0.15, -0.1) is 0 Å². The van der Waals surface area contributed by atoms with E-state index in [-0.39, 0.29) is 17.8 Å². The molecule has 0 saturated heterocycles. The molecule has 3 rings (SSSR count). The van der Waals surface area contributed by atoms with Crippen LogP contribution in [0.25, 0.3) is 11.0 Å². The molecule has 0 saturated carbocycles.